The van der Waals surface area contributed by atoms with E-state index in [9.17, 15) is 15.2 Å². The molecule has 0 bridgehead atoms. The molecule has 0 radical (unpaired) electrons. The second-order valence-electron chi connectivity index (χ2n) is 4.31. The number of aliphatic hydroxyl groups excluding tert-OH is 1. The average molecular weight is 373 g/mol. The molecule has 110 valence electrons. The normalized spacial score (nSPS) is 12.0. The summed E-state index contributed by atoms with van der Waals surface area (Å²) in [5.74, 6) is 0.262. The lowest BCUT2D eigenvalue weighted by Crippen LogP contribution is -1.99. The van der Waals surface area contributed by atoms with Gasteiger partial charge in [0.05, 0.1) is 16.0 Å². The number of nitro benzene ring substituents is 1. The van der Waals surface area contributed by atoms with Crippen molar-refractivity contribution < 1.29 is 14.8 Å². The first-order chi connectivity index (χ1) is 9.90. The van der Waals surface area contributed by atoms with E-state index in [1.807, 2.05) is 0 Å². The molecule has 0 amide bonds. The Balaban J connectivity index is 2.51. The first kappa shape index (κ1) is 15.8. The van der Waals surface area contributed by atoms with Gasteiger partial charge in [-0.3, -0.25) is 10.1 Å². The van der Waals surface area contributed by atoms with Crippen LogP contribution in [0.3, 0.4) is 0 Å². The highest BCUT2D eigenvalue weighted by Gasteiger charge is 2.21. The second kappa shape index (κ2) is 6.43. The predicted octanol–water partition coefficient (Wildman–Crippen LogP) is 4.86. The lowest BCUT2D eigenvalue weighted by atomic mass is 10.1. The molecule has 0 fully saturated rings. The van der Waals surface area contributed by atoms with E-state index in [2.05, 4.69) is 15.9 Å². The van der Waals surface area contributed by atoms with Crippen LogP contribution in [0.4, 0.5) is 5.69 Å². The van der Waals surface area contributed by atoms with Crippen LogP contribution in [-0.2, 0) is 0 Å². The quantitative estimate of drug-likeness (QED) is 0.614. The highest BCUT2D eigenvalue weighted by molar-refractivity contribution is 9.10. The maximum atomic E-state index is 11.0. The van der Waals surface area contributed by atoms with Crippen molar-refractivity contribution in [2.45, 2.75) is 13.0 Å². The molecule has 0 spiro atoms. The average Bonchev–Trinajstić information content (AvgIpc) is 2.42. The van der Waals surface area contributed by atoms with Gasteiger partial charge in [-0.05, 0) is 31.2 Å². The van der Waals surface area contributed by atoms with Crippen LogP contribution in [0.15, 0.2) is 40.9 Å². The molecular weight excluding hydrogens is 362 g/mol. The number of para-hydroxylation sites is 1. The maximum absolute atomic E-state index is 11.0. The van der Waals surface area contributed by atoms with Gasteiger partial charge in [-0.25, -0.2) is 0 Å². The molecule has 5 nitrogen and oxygen atoms in total. The molecule has 0 aliphatic heterocycles. The van der Waals surface area contributed by atoms with Gasteiger partial charge >= 0.3 is 5.69 Å². The molecular formula is C14H11BrClNO4. The summed E-state index contributed by atoms with van der Waals surface area (Å²) in [6, 6.07) is 9.29. The van der Waals surface area contributed by atoms with E-state index in [0.717, 1.165) is 4.47 Å². The van der Waals surface area contributed by atoms with Crippen molar-refractivity contribution in [1.82, 2.24) is 0 Å². The van der Waals surface area contributed by atoms with Gasteiger partial charge in [-0.15, -0.1) is 0 Å². The zero-order chi connectivity index (χ0) is 15.6. The first-order valence-corrected chi connectivity index (χ1v) is 7.15. The van der Waals surface area contributed by atoms with Crippen molar-refractivity contribution in [3.63, 3.8) is 0 Å². The molecule has 0 aliphatic rings. The molecule has 0 saturated heterocycles. The molecule has 0 saturated carbocycles. The van der Waals surface area contributed by atoms with Crippen molar-refractivity contribution in [3.8, 4) is 11.5 Å². The third-order valence-electron chi connectivity index (χ3n) is 2.78. The minimum absolute atomic E-state index is 0.0478. The van der Waals surface area contributed by atoms with E-state index >= 15 is 0 Å². The summed E-state index contributed by atoms with van der Waals surface area (Å²) in [5, 5.41) is 21.0. The van der Waals surface area contributed by atoms with Crippen molar-refractivity contribution in [2.75, 3.05) is 0 Å². The summed E-state index contributed by atoms with van der Waals surface area (Å²) in [6.45, 7) is 1.58. The second-order valence-corrected chi connectivity index (χ2v) is 5.63. The molecule has 2 aromatic carbocycles. The molecule has 0 aliphatic carbocycles. The van der Waals surface area contributed by atoms with E-state index in [-0.39, 0.29) is 16.5 Å². The SMILES string of the molecule is CC(O)c1cc(Br)ccc1Oc1c(Cl)cccc1[N+](=O)[O-]. The van der Waals surface area contributed by atoms with Gasteiger partial charge in [-0.2, -0.15) is 0 Å². The number of rotatable bonds is 4. The Labute approximate surface area is 134 Å². The summed E-state index contributed by atoms with van der Waals surface area (Å²) in [5.41, 5.74) is 0.264. The molecule has 1 atom stereocenters. The Morgan fingerprint density at radius 2 is 2.10 bits per heavy atom. The molecule has 2 aromatic rings. The number of nitro groups is 1. The van der Waals surface area contributed by atoms with Crippen LogP contribution >= 0.6 is 27.5 Å². The smallest absolute Gasteiger partial charge is 0.313 e. The molecule has 0 aromatic heterocycles. The lowest BCUT2D eigenvalue weighted by Gasteiger charge is -2.14. The first-order valence-electron chi connectivity index (χ1n) is 5.98. The molecule has 0 heterocycles. The van der Waals surface area contributed by atoms with Gasteiger partial charge < -0.3 is 9.84 Å². The van der Waals surface area contributed by atoms with Gasteiger partial charge in [-0.1, -0.05) is 33.6 Å². The highest BCUT2D eigenvalue weighted by Crippen LogP contribution is 2.40. The Kier molecular flexibility index (Phi) is 4.82. The fourth-order valence-electron chi connectivity index (χ4n) is 1.79. The van der Waals surface area contributed by atoms with Crippen LogP contribution < -0.4 is 4.74 Å². The van der Waals surface area contributed by atoms with Crippen LogP contribution in [0.1, 0.15) is 18.6 Å². The minimum atomic E-state index is -0.793. The van der Waals surface area contributed by atoms with Gasteiger partial charge in [0.2, 0.25) is 5.75 Å². The van der Waals surface area contributed by atoms with Crippen molar-refractivity contribution in [2.24, 2.45) is 0 Å². The predicted molar refractivity (Wildman–Crippen MR) is 83.0 cm³/mol. The third-order valence-corrected chi connectivity index (χ3v) is 3.57. The van der Waals surface area contributed by atoms with Gasteiger partial charge in [0.15, 0.2) is 0 Å². The molecule has 7 heteroatoms. The largest absolute Gasteiger partial charge is 0.448 e. The summed E-state index contributed by atoms with van der Waals surface area (Å²) in [6.07, 6.45) is -0.793. The number of nitrogens with zero attached hydrogens (tertiary/aromatic N) is 1. The van der Waals surface area contributed by atoms with E-state index in [1.165, 1.54) is 18.2 Å². The fourth-order valence-corrected chi connectivity index (χ4v) is 2.38. The molecule has 1 N–H and O–H groups in total. The number of hydrogen-bond donors (Lipinski definition) is 1. The van der Waals surface area contributed by atoms with Crippen molar-refractivity contribution in [1.29, 1.82) is 0 Å². The Hall–Kier alpha value is -1.63. The molecule has 21 heavy (non-hydrogen) atoms. The zero-order valence-electron chi connectivity index (χ0n) is 10.9. The monoisotopic (exact) mass is 371 g/mol. The third kappa shape index (κ3) is 3.53. The topological polar surface area (TPSA) is 72.6 Å². The number of benzene rings is 2. The Morgan fingerprint density at radius 1 is 1.38 bits per heavy atom. The van der Waals surface area contributed by atoms with E-state index in [4.69, 9.17) is 16.3 Å². The van der Waals surface area contributed by atoms with E-state index < -0.39 is 11.0 Å². The highest BCUT2D eigenvalue weighted by atomic mass is 79.9. The van der Waals surface area contributed by atoms with Crippen LogP contribution in [0.5, 0.6) is 11.5 Å². The lowest BCUT2D eigenvalue weighted by molar-refractivity contribution is -0.385. The van der Waals surface area contributed by atoms with Crippen LogP contribution in [0.2, 0.25) is 5.02 Å². The summed E-state index contributed by atoms with van der Waals surface area (Å²) >= 11 is 9.29. The number of halogens is 2. The molecule has 1 unspecified atom stereocenters. The van der Waals surface area contributed by atoms with Gasteiger partial charge in [0.1, 0.15) is 5.75 Å². The van der Waals surface area contributed by atoms with Crippen LogP contribution in [0.25, 0.3) is 0 Å². The Bertz CT molecular complexity index is 691. The van der Waals surface area contributed by atoms with E-state index in [0.29, 0.717) is 11.3 Å². The number of aliphatic hydroxyl groups is 1. The number of hydrogen-bond acceptors (Lipinski definition) is 4. The Morgan fingerprint density at radius 3 is 2.71 bits per heavy atom. The standard InChI is InChI=1S/C14H11BrClNO4/c1-8(18)10-7-9(15)5-6-13(10)21-14-11(16)3-2-4-12(14)17(19)20/h2-8,18H,1H3. The van der Waals surface area contributed by atoms with Crippen molar-refractivity contribution >= 4 is 33.2 Å². The summed E-state index contributed by atoms with van der Waals surface area (Å²) in [7, 11) is 0. The fraction of sp³-hybridized carbons (Fsp3) is 0.143. The summed E-state index contributed by atoms with van der Waals surface area (Å²) in [4.78, 5) is 10.5. The van der Waals surface area contributed by atoms with Gasteiger partial charge in [0.25, 0.3) is 0 Å². The van der Waals surface area contributed by atoms with E-state index in [1.54, 1.807) is 25.1 Å². The van der Waals surface area contributed by atoms with Gasteiger partial charge in [0, 0.05) is 16.1 Å². The molecule has 2 rings (SSSR count). The van der Waals surface area contributed by atoms with Crippen LogP contribution in [0, 0.1) is 10.1 Å². The maximum Gasteiger partial charge on any atom is 0.313 e. The van der Waals surface area contributed by atoms with Crippen molar-refractivity contribution in [3.05, 3.63) is 61.6 Å². The summed E-state index contributed by atoms with van der Waals surface area (Å²) < 4.78 is 6.36. The zero-order valence-corrected chi connectivity index (χ0v) is 13.3. The number of ether oxygens (including phenoxy) is 1. The minimum Gasteiger partial charge on any atom is -0.448 e. The van der Waals surface area contributed by atoms with Crippen LogP contribution in [-0.4, -0.2) is 10.0 Å².